The molecule has 0 saturated heterocycles. The maximum absolute atomic E-state index is 12.4. The molecule has 0 aliphatic carbocycles. The van der Waals surface area contributed by atoms with Gasteiger partial charge in [0.2, 0.25) is 5.13 Å². The number of anilines is 1. The van der Waals surface area contributed by atoms with E-state index in [2.05, 4.69) is 41.5 Å². The van der Waals surface area contributed by atoms with Crippen molar-refractivity contribution in [3.05, 3.63) is 59.2 Å². The summed E-state index contributed by atoms with van der Waals surface area (Å²) in [6, 6.07) is 13.6. The first-order valence-corrected chi connectivity index (χ1v) is 9.19. The van der Waals surface area contributed by atoms with E-state index in [-0.39, 0.29) is 5.91 Å². The number of amides is 1. The van der Waals surface area contributed by atoms with E-state index in [1.54, 1.807) is 19.2 Å². The second kappa shape index (κ2) is 7.66. The van der Waals surface area contributed by atoms with Gasteiger partial charge in [-0.2, -0.15) is 0 Å². The van der Waals surface area contributed by atoms with Crippen LogP contribution in [-0.2, 0) is 0 Å². The fraction of sp³-hybridized carbons (Fsp3) is 0.250. The van der Waals surface area contributed by atoms with Gasteiger partial charge in [-0.3, -0.25) is 10.1 Å². The van der Waals surface area contributed by atoms with Crippen molar-refractivity contribution in [3.63, 3.8) is 0 Å². The van der Waals surface area contributed by atoms with Gasteiger partial charge in [-0.25, -0.2) is 0 Å². The maximum Gasteiger partial charge on any atom is 0.257 e. The summed E-state index contributed by atoms with van der Waals surface area (Å²) in [4.78, 5) is 12.4. The van der Waals surface area contributed by atoms with Crippen LogP contribution in [0, 0.1) is 6.92 Å². The van der Waals surface area contributed by atoms with Gasteiger partial charge in [-0.05, 0) is 36.1 Å². The Morgan fingerprint density at radius 3 is 2.50 bits per heavy atom. The molecule has 0 atom stereocenters. The third-order valence-corrected chi connectivity index (χ3v) is 5.03. The largest absolute Gasteiger partial charge is 0.496 e. The summed E-state index contributed by atoms with van der Waals surface area (Å²) in [5.41, 5.74) is 3.77. The monoisotopic (exact) mass is 367 g/mol. The first-order chi connectivity index (χ1) is 12.5. The molecule has 0 radical (unpaired) electrons. The van der Waals surface area contributed by atoms with Crippen LogP contribution in [0.15, 0.2) is 42.5 Å². The van der Waals surface area contributed by atoms with Crippen LogP contribution in [0.5, 0.6) is 5.75 Å². The molecule has 3 aromatic rings. The second-order valence-electron chi connectivity index (χ2n) is 6.33. The number of nitrogens with zero attached hydrogens (tertiary/aromatic N) is 2. The molecule has 0 aliphatic heterocycles. The number of ether oxygens (including phenoxy) is 1. The average Bonchev–Trinajstić information content (AvgIpc) is 3.10. The van der Waals surface area contributed by atoms with E-state index in [1.807, 2.05) is 25.1 Å². The molecule has 3 rings (SSSR count). The van der Waals surface area contributed by atoms with Gasteiger partial charge < -0.3 is 4.74 Å². The van der Waals surface area contributed by atoms with E-state index >= 15 is 0 Å². The Labute approximate surface area is 157 Å². The lowest BCUT2D eigenvalue weighted by Crippen LogP contribution is -2.12. The molecule has 1 N–H and O–H groups in total. The standard InChI is InChI=1S/C20H21N3O2S/c1-12(2)14-7-9-15(10-8-14)19-22-23-20(26-19)21-18(24)16-6-5-13(3)17(11-16)25-4/h5-12H,1-4H3,(H,21,23,24). The number of aromatic nitrogens is 2. The number of carbonyl (C=O) groups excluding carboxylic acids is 1. The molecule has 0 aliphatic rings. The molecule has 6 heteroatoms. The van der Waals surface area contributed by atoms with Gasteiger partial charge >= 0.3 is 0 Å². The Bertz CT molecular complexity index is 917. The van der Waals surface area contributed by atoms with Crippen molar-refractivity contribution in [2.45, 2.75) is 26.7 Å². The molecular weight excluding hydrogens is 346 g/mol. The first kappa shape index (κ1) is 18.1. The van der Waals surface area contributed by atoms with Crippen LogP contribution in [-0.4, -0.2) is 23.2 Å². The lowest BCUT2D eigenvalue weighted by molar-refractivity contribution is 0.102. The first-order valence-electron chi connectivity index (χ1n) is 8.37. The molecule has 1 amide bonds. The Morgan fingerprint density at radius 2 is 1.85 bits per heavy atom. The summed E-state index contributed by atoms with van der Waals surface area (Å²) in [6.45, 7) is 6.25. The van der Waals surface area contributed by atoms with E-state index in [0.29, 0.717) is 22.4 Å². The second-order valence-corrected chi connectivity index (χ2v) is 7.31. The van der Waals surface area contributed by atoms with Crippen molar-refractivity contribution in [2.75, 3.05) is 12.4 Å². The third-order valence-electron chi connectivity index (χ3n) is 4.14. The highest BCUT2D eigenvalue weighted by molar-refractivity contribution is 7.18. The van der Waals surface area contributed by atoms with Gasteiger partial charge in [0.15, 0.2) is 0 Å². The summed E-state index contributed by atoms with van der Waals surface area (Å²) in [6.07, 6.45) is 0. The molecule has 0 bridgehead atoms. The number of hydrogen-bond acceptors (Lipinski definition) is 5. The Morgan fingerprint density at radius 1 is 1.12 bits per heavy atom. The average molecular weight is 367 g/mol. The molecule has 1 aromatic heterocycles. The summed E-state index contributed by atoms with van der Waals surface area (Å²) in [7, 11) is 1.59. The number of nitrogens with one attached hydrogen (secondary N) is 1. The zero-order valence-electron chi connectivity index (χ0n) is 15.2. The number of hydrogen-bond donors (Lipinski definition) is 1. The molecule has 2 aromatic carbocycles. The lowest BCUT2D eigenvalue weighted by Gasteiger charge is -2.07. The lowest BCUT2D eigenvalue weighted by atomic mass is 10.0. The van der Waals surface area contributed by atoms with E-state index in [0.717, 1.165) is 16.1 Å². The van der Waals surface area contributed by atoms with Crippen molar-refractivity contribution in [1.82, 2.24) is 10.2 Å². The van der Waals surface area contributed by atoms with Crippen LogP contribution in [0.1, 0.15) is 41.3 Å². The van der Waals surface area contributed by atoms with Crippen molar-refractivity contribution < 1.29 is 9.53 Å². The van der Waals surface area contributed by atoms with E-state index < -0.39 is 0 Å². The summed E-state index contributed by atoms with van der Waals surface area (Å²) in [5.74, 6) is 0.932. The normalized spacial score (nSPS) is 10.8. The Balaban J connectivity index is 1.74. The fourth-order valence-corrected chi connectivity index (χ4v) is 3.28. The minimum absolute atomic E-state index is 0.235. The van der Waals surface area contributed by atoms with E-state index in [4.69, 9.17) is 4.74 Å². The highest BCUT2D eigenvalue weighted by Crippen LogP contribution is 2.28. The maximum atomic E-state index is 12.4. The fourth-order valence-electron chi connectivity index (χ4n) is 2.53. The molecule has 1 heterocycles. The van der Waals surface area contributed by atoms with E-state index in [9.17, 15) is 4.79 Å². The molecule has 5 nitrogen and oxygen atoms in total. The predicted molar refractivity (Wildman–Crippen MR) is 105 cm³/mol. The van der Waals surface area contributed by atoms with Crippen LogP contribution in [0.4, 0.5) is 5.13 Å². The van der Waals surface area contributed by atoms with Gasteiger partial charge in [-0.1, -0.05) is 55.5 Å². The van der Waals surface area contributed by atoms with E-state index in [1.165, 1.54) is 16.9 Å². The van der Waals surface area contributed by atoms with Gasteiger partial charge in [0, 0.05) is 11.1 Å². The number of rotatable bonds is 5. The number of benzene rings is 2. The molecule has 0 unspecified atom stereocenters. The van der Waals surface area contributed by atoms with Crippen LogP contribution in [0.3, 0.4) is 0 Å². The van der Waals surface area contributed by atoms with Crippen LogP contribution >= 0.6 is 11.3 Å². The number of aryl methyl sites for hydroxylation is 1. The number of carbonyl (C=O) groups is 1. The molecule has 134 valence electrons. The van der Waals surface area contributed by atoms with Crippen LogP contribution in [0.25, 0.3) is 10.6 Å². The Hall–Kier alpha value is -2.73. The van der Waals surface area contributed by atoms with Gasteiger partial charge in [0.25, 0.3) is 5.91 Å². The van der Waals surface area contributed by atoms with Gasteiger partial charge in [0.05, 0.1) is 7.11 Å². The summed E-state index contributed by atoms with van der Waals surface area (Å²) < 4.78 is 5.27. The van der Waals surface area contributed by atoms with Crippen molar-refractivity contribution in [2.24, 2.45) is 0 Å². The zero-order chi connectivity index (χ0) is 18.7. The smallest absolute Gasteiger partial charge is 0.257 e. The predicted octanol–water partition coefficient (Wildman–Crippen LogP) is 4.90. The van der Waals surface area contributed by atoms with Crippen molar-refractivity contribution in [3.8, 4) is 16.3 Å². The van der Waals surface area contributed by atoms with Crippen LogP contribution in [0.2, 0.25) is 0 Å². The minimum atomic E-state index is -0.235. The highest BCUT2D eigenvalue weighted by Gasteiger charge is 2.13. The topological polar surface area (TPSA) is 64.1 Å². The quantitative estimate of drug-likeness (QED) is 0.697. The van der Waals surface area contributed by atoms with Crippen molar-refractivity contribution >= 4 is 22.4 Å². The molecule has 0 fully saturated rings. The SMILES string of the molecule is COc1cc(C(=O)Nc2nnc(-c3ccc(C(C)C)cc3)s2)ccc1C. The molecule has 26 heavy (non-hydrogen) atoms. The zero-order valence-corrected chi connectivity index (χ0v) is 16.1. The highest BCUT2D eigenvalue weighted by atomic mass is 32.1. The van der Waals surface area contributed by atoms with Crippen LogP contribution < -0.4 is 10.1 Å². The molecular formula is C20H21N3O2S. The van der Waals surface area contributed by atoms with Gasteiger partial charge in [-0.15, -0.1) is 10.2 Å². The minimum Gasteiger partial charge on any atom is -0.496 e. The number of methoxy groups -OCH3 is 1. The summed E-state index contributed by atoms with van der Waals surface area (Å²) >= 11 is 1.35. The van der Waals surface area contributed by atoms with Crippen molar-refractivity contribution in [1.29, 1.82) is 0 Å². The molecule has 0 spiro atoms. The Kier molecular flexibility index (Phi) is 5.32. The van der Waals surface area contributed by atoms with Gasteiger partial charge in [0.1, 0.15) is 10.8 Å². The third kappa shape index (κ3) is 3.91. The molecule has 0 saturated carbocycles. The summed E-state index contributed by atoms with van der Waals surface area (Å²) in [5, 5.41) is 12.3.